The van der Waals surface area contributed by atoms with E-state index < -0.39 is 0 Å². The van der Waals surface area contributed by atoms with Crippen LogP contribution in [0.1, 0.15) is 0 Å². The lowest BCUT2D eigenvalue weighted by atomic mass is 10.0. The fourth-order valence-corrected chi connectivity index (χ4v) is 10.3. The van der Waals surface area contributed by atoms with Crippen molar-refractivity contribution in [2.75, 3.05) is 0 Å². The fraction of sp³-hybridized carbons (Fsp3) is 0. The standard InChI is InChI=1S/C61H37N5O/c1-3-16-38(17-4-1)39-20-15-21-42(32-39)59-62-60(43-30-31-53-49(34-43)46-24-9-12-27-51(46)65(53)45-22-5-2-6-23-45)64-61(63-59)44-36-55(58-48-26-11-14-29-56(48)67-57(58)37-44)66-52-28-13-10-25-47(52)50-33-40-18-7-8-19-41(40)35-54(50)66/h1-37H. The molecule has 0 spiro atoms. The first kappa shape index (κ1) is 37.3. The van der Waals surface area contributed by atoms with E-state index in [2.05, 4.69) is 215 Å². The maximum atomic E-state index is 6.78. The Hall–Kier alpha value is -9.13. The molecule has 14 rings (SSSR count). The largest absolute Gasteiger partial charge is 0.456 e. The first-order valence-electron chi connectivity index (χ1n) is 22.6. The zero-order valence-corrected chi connectivity index (χ0v) is 36.0. The van der Waals surface area contributed by atoms with Crippen molar-refractivity contribution in [1.82, 2.24) is 24.1 Å². The molecule has 0 saturated carbocycles. The molecule has 0 amide bonds. The highest BCUT2D eigenvalue weighted by atomic mass is 16.3. The molecule has 6 nitrogen and oxygen atoms in total. The molecule has 0 aliphatic rings. The third kappa shape index (κ3) is 5.93. The van der Waals surface area contributed by atoms with Gasteiger partial charge in [0.1, 0.15) is 11.2 Å². The van der Waals surface area contributed by atoms with Gasteiger partial charge in [-0.15, -0.1) is 0 Å². The van der Waals surface area contributed by atoms with Crippen molar-refractivity contribution in [3.05, 3.63) is 224 Å². The molecule has 14 aromatic rings. The van der Waals surface area contributed by atoms with Crippen molar-refractivity contribution in [1.29, 1.82) is 0 Å². The summed E-state index contributed by atoms with van der Waals surface area (Å²) in [4.78, 5) is 16.1. The molecule has 0 fully saturated rings. The topological polar surface area (TPSA) is 61.7 Å². The van der Waals surface area contributed by atoms with Gasteiger partial charge in [-0.25, -0.2) is 15.0 Å². The third-order valence-corrected chi connectivity index (χ3v) is 13.3. The van der Waals surface area contributed by atoms with E-state index in [1.165, 1.54) is 21.5 Å². The van der Waals surface area contributed by atoms with E-state index >= 15 is 0 Å². The number of hydrogen-bond donors (Lipinski definition) is 0. The van der Waals surface area contributed by atoms with Crippen LogP contribution in [0.25, 0.3) is 133 Å². The SMILES string of the molecule is c1ccc(-c2cccc(-c3nc(-c4cc(-n5c6ccccc6c6cc7ccccc7cc65)c5c(c4)oc4ccccc45)nc(-c4ccc5c(c4)c4ccccc4n5-c4ccccc4)n3)c2)cc1. The number of furan rings is 1. The van der Waals surface area contributed by atoms with Gasteiger partial charge in [-0.05, 0) is 101 Å². The molecule has 67 heavy (non-hydrogen) atoms. The van der Waals surface area contributed by atoms with Gasteiger partial charge in [0.05, 0.1) is 33.1 Å². The van der Waals surface area contributed by atoms with Crippen LogP contribution in [0.15, 0.2) is 229 Å². The average Bonchev–Trinajstić information content (AvgIpc) is 4.05. The van der Waals surface area contributed by atoms with Crippen molar-refractivity contribution >= 4 is 76.3 Å². The molecular formula is C61H37N5O. The molecule has 312 valence electrons. The Kier molecular flexibility index (Phi) is 8.18. The number of nitrogens with zero attached hydrogens (tertiary/aromatic N) is 5. The minimum atomic E-state index is 0.548. The van der Waals surface area contributed by atoms with Crippen LogP contribution in [0.3, 0.4) is 0 Å². The normalized spacial score (nSPS) is 11.9. The number of aromatic nitrogens is 5. The van der Waals surface area contributed by atoms with Gasteiger partial charge in [0.2, 0.25) is 0 Å². The van der Waals surface area contributed by atoms with Crippen LogP contribution in [-0.4, -0.2) is 24.1 Å². The molecule has 0 radical (unpaired) electrons. The summed E-state index contributed by atoms with van der Waals surface area (Å²) >= 11 is 0. The first-order chi connectivity index (χ1) is 33.2. The van der Waals surface area contributed by atoms with Gasteiger partial charge in [-0.2, -0.15) is 0 Å². The molecule has 10 aromatic carbocycles. The summed E-state index contributed by atoms with van der Waals surface area (Å²) in [5.74, 6) is 1.71. The smallest absolute Gasteiger partial charge is 0.164 e. The lowest BCUT2D eigenvalue weighted by molar-refractivity contribution is 0.669. The number of para-hydroxylation sites is 4. The maximum Gasteiger partial charge on any atom is 0.164 e. The monoisotopic (exact) mass is 855 g/mol. The van der Waals surface area contributed by atoms with Crippen LogP contribution in [0.4, 0.5) is 0 Å². The van der Waals surface area contributed by atoms with Crippen LogP contribution in [0.2, 0.25) is 0 Å². The van der Waals surface area contributed by atoms with Crippen molar-refractivity contribution in [2.24, 2.45) is 0 Å². The highest BCUT2D eigenvalue weighted by Crippen LogP contribution is 2.43. The molecule has 0 N–H and O–H groups in total. The average molecular weight is 856 g/mol. The van der Waals surface area contributed by atoms with Crippen LogP contribution in [0, 0.1) is 0 Å². The van der Waals surface area contributed by atoms with E-state index in [-0.39, 0.29) is 0 Å². The summed E-state index contributed by atoms with van der Waals surface area (Å²) < 4.78 is 11.5. The molecule has 0 atom stereocenters. The minimum absolute atomic E-state index is 0.548. The lowest BCUT2D eigenvalue weighted by Gasteiger charge is -2.14. The minimum Gasteiger partial charge on any atom is -0.456 e. The van der Waals surface area contributed by atoms with E-state index in [1.807, 2.05) is 18.2 Å². The molecule has 0 aliphatic carbocycles. The summed E-state index contributed by atoms with van der Waals surface area (Å²) in [6.45, 7) is 0. The van der Waals surface area contributed by atoms with Crippen molar-refractivity contribution in [3.63, 3.8) is 0 Å². The van der Waals surface area contributed by atoms with Crippen LogP contribution < -0.4 is 0 Å². The number of benzene rings is 10. The number of fused-ring (bicyclic) bond motifs is 10. The zero-order valence-electron chi connectivity index (χ0n) is 36.0. The van der Waals surface area contributed by atoms with Crippen LogP contribution in [-0.2, 0) is 0 Å². The van der Waals surface area contributed by atoms with Crippen molar-refractivity contribution in [3.8, 4) is 56.7 Å². The van der Waals surface area contributed by atoms with Crippen LogP contribution in [0.5, 0.6) is 0 Å². The molecule has 0 bridgehead atoms. The summed E-state index contributed by atoms with van der Waals surface area (Å²) in [6, 6.07) is 79.1. The van der Waals surface area contributed by atoms with E-state index in [1.54, 1.807) is 0 Å². The van der Waals surface area contributed by atoms with E-state index in [4.69, 9.17) is 19.4 Å². The van der Waals surface area contributed by atoms with Gasteiger partial charge in [0, 0.05) is 49.3 Å². The highest BCUT2D eigenvalue weighted by molar-refractivity contribution is 6.17. The van der Waals surface area contributed by atoms with E-state index in [0.29, 0.717) is 17.5 Å². The zero-order chi connectivity index (χ0) is 44.0. The predicted molar refractivity (Wildman–Crippen MR) is 275 cm³/mol. The van der Waals surface area contributed by atoms with Gasteiger partial charge >= 0.3 is 0 Å². The molecule has 0 saturated heterocycles. The molecule has 4 heterocycles. The Bertz CT molecular complexity index is 4280. The molecule has 0 aliphatic heterocycles. The second-order valence-electron chi connectivity index (χ2n) is 17.2. The Morgan fingerprint density at radius 1 is 0.299 bits per heavy atom. The second-order valence-corrected chi connectivity index (χ2v) is 17.2. The van der Waals surface area contributed by atoms with Crippen molar-refractivity contribution < 1.29 is 4.42 Å². The summed E-state index contributed by atoms with van der Waals surface area (Å²) in [6.07, 6.45) is 0. The third-order valence-electron chi connectivity index (χ3n) is 13.3. The van der Waals surface area contributed by atoms with Crippen LogP contribution >= 0.6 is 0 Å². The Balaban J connectivity index is 1.04. The Morgan fingerprint density at radius 3 is 1.61 bits per heavy atom. The Morgan fingerprint density at radius 2 is 0.851 bits per heavy atom. The summed E-state index contributed by atoms with van der Waals surface area (Å²) in [5.41, 5.74) is 13.0. The lowest BCUT2D eigenvalue weighted by Crippen LogP contribution is -2.02. The highest BCUT2D eigenvalue weighted by Gasteiger charge is 2.23. The van der Waals surface area contributed by atoms with Gasteiger partial charge in [0.15, 0.2) is 17.5 Å². The van der Waals surface area contributed by atoms with E-state index in [9.17, 15) is 0 Å². The molecular weight excluding hydrogens is 819 g/mol. The van der Waals surface area contributed by atoms with Crippen molar-refractivity contribution in [2.45, 2.75) is 0 Å². The van der Waals surface area contributed by atoms with Gasteiger partial charge in [-0.3, -0.25) is 0 Å². The second kappa shape index (κ2) is 14.7. The number of hydrogen-bond acceptors (Lipinski definition) is 4. The van der Waals surface area contributed by atoms with Gasteiger partial charge in [0.25, 0.3) is 0 Å². The fourth-order valence-electron chi connectivity index (χ4n) is 10.3. The van der Waals surface area contributed by atoms with Gasteiger partial charge < -0.3 is 13.6 Å². The summed E-state index contributed by atoms with van der Waals surface area (Å²) in [5, 5.41) is 9.11. The first-order valence-corrected chi connectivity index (χ1v) is 22.6. The number of rotatable bonds is 6. The molecule has 4 aromatic heterocycles. The predicted octanol–water partition coefficient (Wildman–Crippen LogP) is 15.8. The molecule has 0 unspecified atom stereocenters. The summed E-state index contributed by atoms with van der Waals surface area (Å²) in [7, 11) is 0. The maximum absolute atomic E-state index is 6.78. The van der Waals surface area contributed by atoms with E-state index in [0.717, 1.165) is 94.0 Å². The quantitative estimate of drug-likeness (QED) is 0.167. The Labute approximate surface area is 384 Å². The molecule has 6 heteroatoms. The van der Waals surface area contributed by atoms with Gasteiger partial charge in [-0.1, -0.05) is 146 Å².